The minimum Gasteiger partial charge on any atom is -0.369 e. The zero-order valence-corrected chi connectivity index (χ0v) is 20.2. The van der Waals surface area contributed by atoms with Crippen LogP contribution in [0.25, 0.3) is 0 Å². The first-order valence-electron chi connectivity index (χ1n) is 12.0. The van der Waals surface area contributed by atoms with Crippen molar-refractivity contribution in [2.24, 2.45) is 4.99 Å². The summed E-state index contributed by atoms with van der Waals surface area (Å²) < 4.78 is 0. The lowest BCUT2D eigenvalue weighted by atomic mass is 9.82. The van der Waals surface area contributed by atoms with Crippen LogP contribution >= 0.6 is 11.6 Å². The number of rotatable bonds is 5. The van der Waals surface area contributed by atoms with Crippen LogP contribution in [0.5, 0.6) is 0 Å². The molecule has 0 saturated carbocycles. The van der Waals surface area contributed by atoms with E-state index in [0.29, 0.717) is 24.7 Å². The molecule has 2 atom stereocenters. The molecule has 3 heterocycles. The molecular formula is C24H39ClN6. The van der Waals surface area contributed by atoms with E-state index in [2.05, 4.69) is 58.5 Å². The maximum absolute atomic E-state index is 6.66. The van der Waals surface area contributed by atoms with Gasteiger partial charge in [-0.2, -0.15) is 0 Å². The van der Waals surface area contributed by atoms with Gasteiger partial charge in [-0.05, 0) is 58.8 Å². The molecule has 0 aliphatic carbocycles. The summed E-state index contributed by atoms with van der Waals surface area (Å²) in [5, 5.41) is 8.02. The first-order chi connectivity index (χ1) is 15.0. The summed E-state index contributed by atoms with van der Waals surface area (Å²) in [6.45, 7) is 7.81. The molecule has 0 amide bonds. The second kappa shape index (κ2) is 10.4. The van der Waals surface area contributed by atoms with Gasteiger partial charge in [-0.25, -0.2) is 4.99 Å². The van der Waals surface area contributed by atoms with Crippen molar-refractivity contribution in [3.8, 4) is 0 Å². The van der Waals surface area contributed by atoms with Crippen molar-refractivity contribution in [2.75, 3.05) is 51.7 Å². The Labute approximate surface area is 193 Å². The minimum atomic E-state index is 0.493. The van der Waals surface area contributed by atoms with E-state index in [9.17, 15) is 0 Å². The molecule has 2 N–H and O–H groups in total. The molecule has 2 unspecified atom stereocenters. The van der Waals surface area contributed by atoms with E-state index in [0.717, 1.165) is 49.3 Å². The number of piperazine rings is 1. The number of likely N-dealkylation sites (N-methyl/N-ethyl adjacent to an activating group) is 1. The van der Waals surface area contributed by atoms with Crippen LogP contribution in [0.2, 0.25) is 5.02 Å². The van der Waals surface area contributed by atoms with Gasteiger partial charge in [0.15, 0.2) is 5.96 Å². The first-order valence-corrected chi connectivity index (χ1v) is 12.4. The molecule has 6 nitrogen and oxygen atoms in total. The van der Waals surface area contributed by atoms with Gasteiger partial charge in [0.05, 0.1) is 6.54 Å². The first kappa shape index (κ1) is 22.7. The number of guanidine groups is 1. The van der Waals surface area contributed by atoms with E-state index >= 15 is 0 Å². The third kappa shape index (κ3) is 5.47. The molecule has 1 aromatic rings. The summed E-state index contributed by atoms with van der Waals surface area (Å²) in [6.07, 6.45) is 6.44. The monoisotopic (exact) mass is 446 g/mol. The van der Waals surface area contributed by atoms with Gasteiger partial charge >= 0.3 is 0 Å². The van der Waals surface area contributed by atoms with Crippen LogP contribution in [0.4, 0.5) is 5.69 Å². The molecule has 0 spiro atoms. The largest absolute Gasteiger partial charge is 0.369 e. The number of nitrogens with zero attached hydrogens (tertiary/aromatic N) is 4. The maximum atomic E-state index is 6.66. The summed E-state index contributed by atoms with van der Waals surface area (Å²) in [5.74, 6) is 0.916. The normalized spacial score (nSPS) is 27.9. The van der Waals surface area contributed by atoms with Gasteiger partial charge in [0.1, 0.15) is 0 Å². The lowest BCUT2D eigenvalue weighted by Crippen LogP contribution is -2.56. The predicted octanol–water partition coefficient (Wildman–Crippen LogP) is 3.16. The molecule has 3 aliphatic rings. The van der Waals surface area contributed by atoms with Gasteiger partial charge in [-0.3, -0.25) is 0 Å². The molecule has 3 saturated heterocycles. The molecular weight excluding hydrogens is 408 g/mol. The van der Waals surface area contributed by atoms with Crippen LogP contribution < -0.4 is 15.5 Å². The van der Waals surface area contributed by atoms with Crippen LogP contribution in [0.3, 0.4) is 0 Å². The molecule has 3 fully saturated rings. The highest BCUT2D eigenvalue weighted by atomic mass is 35.5. The summed E-state index contributed by atoms with van der Waals surface area (Å²) in [5.41, 5.74) is 2.36. The van der Waals surface area contributed by atoms with Gasteiger partial charge in [0.25, 0.3) is 0 Å². The third-order valence-electron chi connectivity index (χ3n) is 7.36. The number of anilines is 1. The van der Waals surface area contributed by atoms with Crippen molar-refractivity contribution in [3.63, 3.8) is 0 Å². The smallest absolute Gasteiger partial charge is 0.191 e. The van der Waals surface area contributed by atoms with E-state index in [-0.39, 0.29) is 0 Å². The Hall–Kier alpha value is -1.50. The summed E-state index contributed by atoms with van der Waals surface area (Å²) in [7, 11) is 4.49. The highest BCUT2D eigenvalue weighted by molar-refractivity contribution is 6.31. The average molecular weight is 447 g/mol. The van der Waals surface area contributed by atoms with Gasteiger partial charge < -0.3 is 25.3 Å². The highest BCUT2D eigenvalue weighted by Crippen LogP contribution is 2.33. The molecule has 172 valence electrons. The van der Waals surface area contributed by atoms with Crippen LogP contribution in [-0.2, 0) is 6.54 Å². The number of piperidine rings is 2. The third-order valence-corrected chi connectivity index (χ3v) is 7.71. The summed E-state index contributed by atoms with van der Waals surface area (Å²) in [4.78, 5) is 12.4. The SMILES string of the molecule is CCNC(=NCc1c(Cl)cccc1N1CCN(C)CC1)NC1CC2CCCC(C1)N2C. The van der Waals surface area contributed by atoms with Crippen molar-refractivity contribution in [1.29, 1.82) is 0 Å². The molecule has 2 bridgehead atoms. The molecule has 31 heavy (non-hydrogen) atoms. The second-order valence-corrected chi connectivity index (χ2v) is 9.85. The Kier molecular flexibility index (Phi) is 7.62. The molecule has 3 aliphatic heterocycles. The Morgan fingerprint density at radius 1 is 1.10 bits per heavy atom. The zero-order chi connectivity index (χ0) is 21.8. The maximum Gasteiger partial charge on any atom is 0.191 e. The Bertz CT molecular complexity index is 746. The Morgan fingerprint density at radius 2 is 1.81 bits per heavy atom. The van der Waals surface area contributed by atoms with Crippen LogP contribution in [-0.4, -0.2) is 80.7 Å². The number of nitrogens with one attached hydrogen (secondary N) is 2. The van der Waals surface area contributed by atoms with Crippen LogP contribution in [0.15, 0.2) is 23.2 Å². The van der Waals surface area contributed by atoms with Gasteiger partial charge in [-0.1, -0.05) is 24.1 Å². The number of hydrogen-bond donors (Lipinski definition) is 2. The average Bonchev–Trinajstić information content (AvgIpc) is 2.74. The molecule has 0 radical (unpaired) electrons. The van der Waals surface area contributed by atoms with E-state index in [1.54, 1.807) is 0 Å². The van der Waals surface area contributed by atoms with E-state index in [1.807, 2.05) is 6.07 Å². The number of hydrogen-bond acceptors (Lipinski definition) is 4. The number of halogens is 1. The Morgan fingerprint density at radius 3 is 2.48 bits per heavy atom. The number of aliphatic imine (C=N–C) groups is 1. The fourth-order valence-electron chi connectivity index (χ4n) is 5.45. The van der Waals surface area contributed by atoms with Crippen molar-refractivity contribution in [2.45, 2.75) is 63.7 Å². The van der Waals surface area contributed by atoms with Crippen molar-refractivity contribution in [1.82, 2.24) is 20.4 Å². The van der Waals surface area contributed by atoms with Crippen LogP contribution in [0, 0.1) is 0 Å². The number of fused-ring (bicyclic) bond motifs is 2. The predicted molar refractivity (Wildman–Crippen MR) is 131 cm³/mol. The fraction of sp³-hybridized carbons (Fsp3) is 0.708. The lowest BCUT2D eigenvalue weighted by Gasteiger charge is -2.47. The topological polar surface area (TPSA) is 46.1 Å². The molecule has 1 aromatic carbocycles. The van der Waals surface area contributed by atoms with Crippen molar-refractivity contribution >= 4 is 23.2 Å². The van der Waals surface area contributed by atoms with Gasteiger partial charge in [0, 0.05) is 67.1 Å². The van der Waals surface area contributed by atoms with Gasteiger partial charge in [-0.15, -0.1) is 0 Å². The second-order valence-electron chi connectivity index (χ2n) is 9.44. The van der Waals surface area contributed by atoms with E-state index < -0.39 is 0 Å². The molecule has 7 heteroatoms. The molecule has 4 rings (SSSR count). The quantitative estimate of drug-likeness (QED) is 0.537. The van der Waals surface area contributed by atoms with E-state index in [4.69, 9.17) is 16.6 Å². The zero-order valence-electron chi connectivity index (χ0n) is 19.4. The van der Waals surface area contributed by atoms with Crippen molar-refractivity contribution in [3.05, 3.63) is 28.8 Å². The fourth-order valence-corrected chi connectivity index (χ4v) is 5.68. The highest BCUT2D eigenvalue weighted by Gasteiger charge is 2.36. The van der Waals surface area contributed by atoms with Crippen molar-refractivity contribution < 1.29 is 0 Å². The van der Waals surface area contributed by atoms with E-state index in [1.165, 1.54) is 37.8 Å². The Balaban J connectivity index is 1.46. The standard InChI is InChI=1S/C24H39ClN6/c1-4-26-24(28-18-15-19-7-5-8-20(16-18)30(19)3)27-17-21-22(25)9-6-10-23(21)31-13-11-29(2)12-14-31/h6,9-10,18-20H,4-5,7-8,11-17H2,1-3H3,(H2,26,27,28). The summed E-state index contributed by atoms with van der Waals surface area (Å²) >= 11 is 6.66. The summed E-state index contributed by atoms with van der Waals surface area (Å²) in [6, 6.07) is 8.16. The lowest BCUT2D eigenvalue weighted by molar-refractivity contribution is 0.0526. The van der Waals surface area contributed by atoms with Crippen LogP contribution in [0.1, 0.15) is 44.6 Å². The minimum absolute atomic E-state index is 0.493. The number of benzene rings is 1. The van der Waals surface area contributed by atoms with Gasteiger partial charge in [0.2, 0.25) is 0 Å². The molecule has 0 aromatic heterocycles.